The van der Waals surface area contributed by atoms with Crippen molar-refractivity contribution < 1.29 is 36.3 Å². The number of hydrogen-bond acceptors (Lipinski definition) is 8. The van der Waals surface area contributed by atoms with Gasteiger partial charge in [0.1, 0.15) is 30.2 Å². The Morgan fingerprint density at radius 1 is 0.969 bits per heavy atom. The third-order valence-corrected chi connectivity index (χ3v) is 7.05. The maximum absolute atomic E-state index is 13.0. The lowest BCUT2D eigenvalue weighted by Crippen LogP contribution is -2.45. The van der Waals surface area contributed by atoms with Crippen molar-refractivity contribution >= 4 is 10.1 Å². The summed E-state index contributed by atoms with van der Waals surface area (Å²) in [5.41, 5.74) is 1.77. The highest BCUT2D eigenvalue weighted by Crippen LogP contribution is 2.42. The Bertz CT molecular complexity index is 932. The Balaban J connectivity index is 1.52. The van der Waals surface area contributed by atoms with Gasteiger partial charge in [0, 0.05) is 0 Å². The summed E-state index contributed by atoms with van der Waals surface area (Å²) in [6, 6.07) is 7.54. The summed E-state index contributed by atoms with van der Waals surface area (Å²) in [6.45, 7) is 13.7. The highest BCUT2D eigenvalue weighted by molar-refractivity contribution is 7.85. The molecule has 32 heavy (non-hydrogen) atoms. The van der Waals surface area contributed by atoms with Crippen molar-refractivity contribution in [2.45, 2.75) is 102 Å². The lowest BCUT2D eigenvalue weighted by Gasteiger charge is -2.28. The molecular formula is C23H34O8S. The van der Waals surface area contributed by atoms with E-state index in [4.69, 9.17) is 27.9 Å². The van der Waals surface area contributed by atoms with Crippen LogP contribution >= 0.6 is 0 Å². The molecule has 0 bridgehead atoms. The lowest BCUT2D eigenvalue weighted by atomic mass is 9.87. The van der Waals surface area contributed by atoms with Gasteiger partial charge in [-0.2, -0.15) is 8.42 Å². The average molecular weight is 471 g/mol. The van der Waals surface area contributed by atoms with Crippen molar-refractivity contribution in [3.8, 4) is 0 Å². The fourth-order valence-electron chi connectivity index (χ4n) is 4.30. The average Bonchev–Trinajstić information content (AvgIpc) is 3.24. The third kappa shape index (κ3) is 5.19. The molecule has 3 heterocycles. The van der Waals surface area contributed by atoms with Crippen LogP contribution in [0.15, 0.2) is 24.3 Å². The molecule has 0 spiro atoms. The smallest absolute Gasteiger partial charge is 0.271 e. The topological polar surface area (TPSA) is 89.5 Å². The van der Waals surface area contributed by atoms with Gasteiger partial charge in [-0.15, -0.1) is 0 Å². The first kappa shape index (κ1) is 24.1. The van der Waals surface area contributed by atoms with E-state index in [1.807, 2.05) is 24.3 Å². The van der Waals surface area contributed by atoms with E-state index in [2.05, 4.69) is 20.8 Å². The fourth-order valence-corrected chi connectivity index (χ4v) is 5.53. The minimum atomic E-state index is -3.95. The zero-order chi connectivity index (χ0) is 23.5. The number of ether oxygens (including phenoxy) is 5. The number of rotatable bonds is 5. The predicted octanol–water partition coefficient (Wildman–Crippen LogP) is 3.23. The van der Waals surface area contributed by atoms with Crippen LogP contribution in [0.2, 0.25) is 0 Å². The fraction of sp³-hybridized carbons (Fsp3) is 0.739. The first-order valence-electron chi connectivity index (χ1n) is 11.0. The summed E-state index contributed by atoms with van der Waals surface area (Å²) in [6.07, 6.45) is -3.56. The van der Waals surface area contributed by atoms with Gasteiger partial charge < -0.3 is 23.7 Å². The summed E-state index contributed by atoms with van der Waals surface area (Å²) < 4.78 is 61.1. The number of fused-ring (bicyclic) bond motifs is 1. The van der Waals surface area contributed by atoms with Gasteiger partial charge in [-0.05, 0) is 44.2 Å². The van der Waals surface area contributed by atoms with E-state index in [0.29, 0.717) is 5.56 Å². The van der Waals surface area contributed by atoms with Crippen molar-refractivity contribution in [3.63, 3.8) is 0 Å². The Morgan fingerprint density at radius 2 is 1.62 bits per heavy atom. The van der Waals surface area contributed by atoms with Gasteiger partial charge in [0.25, 0.3) is 10.1 Å². The Kier molecular flexibility index (Phi) is 6.02. The Morgan fingerprint density at radius 3 is 2.19 bits per heavy atom. The second kappa shape index (κ2) is 8.01. The van der Waals surface area contributed by atoms with Gasteiger partial charge in [-0.25, -0.2) is 0 Å². The second-order valence-corrected chi connectivity index (χ2v) is 12.2. The highest BCUT2D eigenvalue weighted by atomic mass is 32.2. The molecule has 0 amide bonds. The molecule has 0 radical (unpaired) electrons. The van der Waals surface area contributed by atoms with Crippen molar-refractivity contribution in [1.29, 1.82) is 0 Å². The normalized spacial score (nSPS) is 34.0. The Labute approximate surface area is 190 Å². The zero-order valence-corrected chi connectivity index (χ0v) is 20.6. The predicted molar refractivity (Wildman–Crippen MR) is 116 cm³/mol. The summed E-state index contributed by atoms with van der Waals surface area (Å²) in [7, 11) is -3.95. The SMILES string of the molecule is CC1(C)O[C@H]2O[C@H]([C@H]3COC(C)(C)O3)[C@@H](OS(=O)(=O)Cc3ccc(C(C)(C)C)cc3)[C@H]2O1. The molecule has 8 nitrogen and oxygen atoms in total. The van der Waals surface area contributed by atoms with Crippen LogP contribution in [0.1, 0.15) is 59.6 Å². The molecule has 3 aliphatic heterocycles. The maximum atomic E-state index is 13.0. The van der Waals surface area contributed by atoms with Crippen LogP contribution < -0.4 is 0 Å². The molecule has 5 atom stereocenters. The molecule has 9 heteroatoms. The van der Waals surface area contributed by atoms with E-state index in [1.165, 1.54) is 0 Å². The van der Waals surface area contributed by atoms with Gasteiger partial charge in [-0.1, -0.05) is 45.0 Å². The summed E-state index contributed by atoms with van der Waals surface area (Å²) in [4.78, 5) is 0. The van der Waals surface area contributed by atoms with Crippen LogP contribution in [-0.4, -0.2) is 57.3 Å². The number of hydrogen-bond donors (Lipinski definition) is 0. The molecule has 0 aliphatic carbocycles. The molecular weight excluding hydrogens is 436 g/mol. The van der Waals surface area contributed by atoms with Crippen molar-refractivity contribution in [1.82, 2.24) is 0 Å². The van der Waals surface area contributed by atoms with E-state index in [1.54, 1.807) is 27.7 Å². The molecule has 0 N–H and O–H groups in total. The molecule has 0 saturated carbocycles. The van der Waals surface area contributed by atoms with Crippen molar-refractivity contribution in [2.24, 2.45) is 0 Å². The standard InChI is InChI=1S/C23H34O8S/c1-21(2,3)15-10-8-14(9-11-15)13-32(24,25)31-18-17(16-12-26-22(4,5)28-16)27-20-19(18)29-23(6,7)30-20/h8-11,16-20H,12-13H2,1-7H3/t16-,17-,18-,19-,20-/m1/s1. The Hall–Kier alpha value is -1.07. The molecule has 4 rings (SSSR count). The van der Waals surface area contributed by atoms with Gasteiger partial charge in [0.15, 0.2) is 17.9 Å². The second-order valence-electron chi connectivity index (χ2n) is 10.6. The maximum Gasteiger partial charge on any atom is 0.271 e. The van der Waals surface area contributed by atoms with E-state index in [9.17, 15) is 8.42 Å². The van der Waals surface area contributed by atoms with Crippen LogP contribution in [0, 0.1) is 0 Å². The highest BCUT2D eigenvalue weighted by Gasteiger charge is 2.60. The van der Waals surface area contributed by atoms with Crippen LogP contribution in [0.5, 0.6) is 0 Å². The van der Waals surface area contributed by atoms with Crippen LogP contribution in [0.25, 0.3) is 0 Å². The van der Waals surface area contributed by atoms with E-state index in [0.717, 1.165) is 5.56 Å². The van der Waals surface area contributed by atoms with Gasteiger partial charge in [-0.3, -0.25) is 4.18 Å². The molecule has 1 aromatic carbocycles. The first-order valence-corrected chi connectivity index (χ1v) is 12.6. The lowest BCUT2D eigenvalue weighted by molar-refractivity contribution is -0.230. The largest absolute Gasteiger partial charge is 0.348 e. The molecule has 180 valence electrons. The molecule has 3 aliphatic rings. The van der Waals surface area contributed by atoms with E-state index >= 15 is 0 Å². The molecule has 3 saturated heterocycles. The van der Waals surface area contributed by atoms with Gasteiger partial charge in [0.2, 0.25) is 0 Å². The minimum Gasteiger partial charge on any atom is -0.348 e. The van der Waals surface area contributed by atoms with Crippen LogP contribution in [0.3, 0.4) is 0 Å². The molecule has 3 fully saturated rings. The monoisotopic (exact) mass is 470 g/mol. The minimum absolute atomic E-state index is 0.0128. The molecule has 1 aromatic rings. The van der Waals surface area contributed by atoms with Crippen LogP contribution in [0.4, 0.5) is 0 Å². The van der Waals surface area contributed by atoms with E-state index in [-0.39, 0.29) is 17.8 Å². The van der Waals surface area contributed by atoms with Crippen molar-refractivity contribution in [3.05, 3.63) is 35.4 Å². The summed E-state index contributed by atoms with van der Waals surface area (Å²) in [5, 5.41) is 0. The van der Waals surface area contributed by atoms with Gasteiger partial charge >= 0.3 is 0 Å². The molecule has 0 aromatic heterocycles. The van der Waals surface area contributed by atoms with E-state index < -0.39 is 52.4 Å². The van der Waals surface area contributed by atoms with Crippen molar-refractivity contribution in [2.75, 3.05) is 6.61 Å². The summed E-state index contributed by atoms with van der Waals surface area (Å²) >= 11 is 0. The van der Waals surface area contributed by atoms with Gasteiger partial charge in [0.05, 0.1) is 6.61 Å². The first-order chi connectivity index (χ1) is 14.6. The summed E-state index contributed by atoms with van der Waals surface area (Å²) in [5.74, 6) is -1.94. The number of benzene rings is 1. The van der Waals surface area contributed by atoms with Crippen LogP contribution in [-0.2, 0) is 49.2 Å². The third-order valence-electron chi connectivity index (χ3n) is 5.84. The zero-order valence-electron chi connectivity index (χ0n) is 19.8. The quantitative estimate of drug-likeness (QED) is 0.606. The molecule has 0 unspecified atom stereocenters.